The Balaban J connectivity index is 1.91. The summed E-state index contributed by atoms with van der Waals surface area (Å²) in [5.41, 5.74) is 3.26. The molecule has 0 fully saturated rings. The molecule has 2 aromatic carbocycles. The summed E-state index contributed by atoms with van der Waals surface area (Å²) in [5.74, 6) is -1.72. The number of fused-ring (bicyclic) bond motifs is 1. The maximum Gasteiger partial charge on any atom is 0.316 e. The molecule has 1 aliphatic heterocycles. The molecule has 0 spiro atoms. The lowest BCUT2D eigenvalue weighted by Gasteiger charge is -2.32. The molecule has 4 rings (SSSR count). The first-order valence-electron chi connectivity index (χ1n) is 9.79. The molecule has 30 heavy (non-hydrogen) atoms. The van der Waals surface area contributed by atoms with E-state index in [2.05, 4.69) is 10.6 Å². The van der Waals surface area contributed by atoms with Crippen LogP contribution in [-0.2, 0) is 14.3 Å². The Morgan fingerprint density at radius 1 is 1.10 bits per heavy atom. The van der Waals surface area contributed by atoms with E-state index in [1.165, 1.54) is 14.2 Å². The SMILES string of the molecule is COC(=O)[C@@H]1C(=O)C2=C(C[C@H]1C)Nc1ccccc1N[C@@H]2c1cccc(OC)c1O. The molecule has 1 aliphatic carbocycles. The van der Waals surface area contributed by atoms with Crippen LogP contribution in [0.15, 0.2) is 53.7 Å². The van der Waals surface area contributed by atoms with E-state index in [1.54, 1.807) is 18.2 Å². The molecule has 2 aliphatic rings. The quantitative estimate of drug-likeness (QED) is 0.527. The Bertz CT molecular complexity index is 1050. The highest BCUT2D eigenvalue weighted by atomic mass is 16.5. The number of carbonyl (C=O) groups is 2. The predicted octanol–water partition coefficient (Wildman–Crippen LogP) is 3.63. The van der Waals surface area contributed by atoms with Crippen molar-refractivity contribution in [1.82, 2.24) is 0 Å². The van der Waals surface area contributed by atoms with Crippen molar-refractivity contribution in [3.05, 3.63) is 59.3 Å². The summed E-state index contributed by atoms with van der Waals surface area (Å²) in [6.07, 6.45) is 0.498. The van der Waals surface area contributed by atoms with Crippen LogP contribution in [0.25, 0.3) is 0 Å². The van der Waals surface area contributed by atoms with Crippen LogP contribution in [-0.4, -0.2) is 31.1 Å². The van der Waals surface area contributed by atoms with Gasteiger partial charge >= 0.3 is 5.97 Å². The Labute approximate surface area is 174 Å². The topological polar surface area (TPSA) is 96.9 Å². The summed E-state index contributed by atoms with van der Waals surface area (Å²) in [7, 11) is 2.76. The third kappa shape index (κ3) is 3.16. The fourth-order valence-corrected chi connectivity index (χ4v) is 4.30. The van der Waals surface area contributed by atoms with Crippen molar-refractivity contribution in [3.8, 4) is 11.5 Å². The first-order chi connectivity index (χ1) is 14.5. The lowest BCUT2D eigenvalue weighted by molar-refractivity contribution is -0.151. The third-order valence-electron chi connectivity index (χ3n) is 5.79. The van der Waals surface area contributed by atoms with Crippen molar-refractivity contribution in [3.63, 3.8) is 0 Å². The van der Waals surface area contributed by atoms with E-state index >= 15 is 0 Å². The number of carbonyl (C=O) groups excluding carboxylic acids is 2. The number of phenolic OH excluding ortho intramolecular Hbond substituents is 1. The summed E-state index contributed by atoms with van der Waals surface area (Å²) in [6.45, 7) is 1.87. The van der Waals surface area contributed by atoms with Crippen LogP contribution in [0.3, 0.4) is 0 Å². The number of allylic oxidation sites excluding steroid dienone is 1. The fourth-order valence-electron chi connectivity index (χ4n) is 4.30. The van der Waals surface area contributed by atoms with Gasteiger partial charge < -0.3 is 25.2 Å². The van der Waals surface area contributed by atoms with Crippen LogP contribution in [0.5, 0.6) is 11.5 Å². The molecule has 3 N–H and O–H groups in total. The van der Waals surface area contributed by atoms with Crippen LogP contribution < -0.4 is 15.4 Å². The number of phenols is 1. The van der Waals surface area contributed by atoms with Crippen LogP contribution >= 0.6 is 0 Å². The summed E-state index contributed by atoms with van der Waals surface area (Å²) in [4.78, 5) is 26.0. The van der Waals surface area contributed by atoms with Crippen molar-refractivity contribution < 1.29 is 24.2 Å². The number of ether oxygens (including phenoxy) is 2. The molecule has 0 unspecified atom stereocenters. The van der Waals surface area contributed by atoms with E-state index in [0.717, 1.165) is 17.1 Å². The average Bonchev–Trinajstić information content (AvgIpc) is 2.90. The van der Waals surface area contributed by atoms with Gasteiger partial charge in [-0.3, -0.25) is 9.59 Å². The lowest BCUT2D eigenvalue weighted by atomic mass is 9.74. The number of nitrogens with one attached hydrogen (secondary N) is 2. The first kappa shape index (κ1) is 19.8. The van der Waals surface area contributed by atoms with Gasteiger partial charge in [0, 0.05) is 16.8 Å². The van der Waals surface area contributed by atoms with E-state index in [0.29, 0.717) is 23.3 Å². The monoisotopic (exact) mass is 408 g/mol. The summed E-state index contributed by atoms with van der Waals surface area (Å²) in [5, 5.41) is 17.6. The third-order valence-corrected chi connectivity index (χ3v) is 5.79. The minimum Gasteiger partial charge on any atom is -0.504 e. The number of hydrogen-bond donors (Lipinski definition) is 3. The minimum atomic E-state index is -0.895. The van der Waals surface area contributed by atoms with Crippen LogP contribution in [0, 0.1) is 11.8 Å². The highest BCUT2D eigenvalue weighted by Crippen LogP contribution is 2.46. The Kier molecular flexibility index (Phi) is 5.11. The number of Topliss-reactive ketones (excluding diaryl/α,β-unsaturated/α-hetero) is 1. The van der Waals surface area contributed by atoms with Gasteiger partial charge in [-0.1, -0.05) is 31.2 Å². The zero-order valence-electron chi connectivity index (χ0n) is 17.1. The van der Waals surface area contributed by atoms with Crippen molar-refractivity contribution in [1.29, 1.82) is 0 Å². The molecule has 156 valence electrons. The van der Waals surface area contributed by atoms with Gasteiger partial charge in [0.25, 0.3) is 0 Å². The zero-order valence-corrected chi connectivity index (χ0v) is 17.1. The molecule has 7 nitrogen and oxygen atoms in total. The number of anilines is 2. The molecule has 2 aromatic rings. The molecule has 0 saturated heterocycles. The van der Waals surface area contributed by atoms with Gasteiger partial charge in [0.1, 0.15) is 5.92 Å². The van der Waals surface area contributed by atoms with Crippen molar-refractivity contribution >= 4 is 23.1 Å². The second-order valence-electron chi connectivity index (χ2n) is 7.58. The summed E-state index contributed by atoms with van der Waals surface area (Å²) >= 11 is 0. The van der Waals surface area contributed by atoms with Gasteiger partial charge in [0.05, 0.1) is 31.6 Å². The fraction of sp³-hybridized carbons (Fsp3) is 0.304. The molecular weight excluding hydrogens is 384 g/mol. The van der Waals surface area contributed by atoms with Gasteiger partial charge in [-0.15, -0.1) is 0 Å². The van der Waals surface area contributed by atoms with E-state index < -0.39 is 17.9 Å². The number of ketones is 1. The normalized spacial score (nSPS) is 22.8. The number of methoxy groups -OCH3 is 2. The van der Waals surface area contributed by atoms with Gasteiger partial charge in [0.15, 0.2) is 17.3 Å². The lowest BCUT2D eigenvalue weighted by Crippen LogP contribution is -2.39. The van der Waals surface area contributed by atoms with Crippen molar-refractivity contribution in [2.75, 3.05) is 24.9 Å². The second kappa shape index (κ2) is 7.74. The number of aromatic hydroxyl groups is 1. The van der Waals surface area contributed by atoms with Crippen LogP contribution in [0.2, 0.25) is 0 Å². The number of rotatable bonds is 3. The molecule has 1 heterocycles. The van der Waals surface area contributed by atoms with Crippen LogP contribution in [0.4, 0.5) is 11.4 Å². The van der Waals surface area contributed by atoms with Crippen molar-refractivity contribution in [2.24, 2.45) is 11.8 Å². The maximum atomic E-state index is 13.6. The molecule has 3 atom stereocenters. The smallest absolute Gasteiger partial charge is 0.316 e. The van der Waals surface area contributed by atoms with Gasteiger partial charge in [0.2, 0.25) is 0 Å². The molecule has 0 radical (unpaired) electrons. The Morgan fingerprint density at radius 3 is 2.53 bits per heavy atom. The zero-order chi connectivity index (χ0) is 21.4. The first-order valence-corrected chi connectivity index (χ1v) is 9.79. The molecule has 0 amide bonds. The number of esters is 1. The van der Waals surface area contributed by atoms with Gasteiger partial charge in [-0.05, 0) is 30.5 Å². The van der Waals surface area contributed by atoms with Crippen LogP contribution in [0.1, 0.15) is 24.9 Å². The molecule has 7 heteroatoms. The summed E-state index contributed by atoms with van der Waals surface area (Å²) in [6, 6.07) is 12.1. The Hall–Kier alpha value is -3.48. The largest absolute Gasteiger partial charge is 0.504 e. The average molecular weight is 408 g/mol. The maximum absolute atomic E-state index is 13.6. The summed E-state index contributed by atoms with van der Waals surface area (Å²) < 4.78 is 10.2. The van der Waals surface area contributed by atoms with Crippen molar-refractivity contribution in [2.45, 2.75) is 19.4 Å². The Morgan fingerprint density at radius 2 is 1.83 bits per heavy atom. The van der Waals surface area contributed by atoms with E-state index in [9.17, 15) is 14.7 Å². The predicted molar refractivity (Wildman–Crippen MR) is 112 cm³/mol. The number of para-hydroxylation sites is 3. The number of benzene rings is 2. The molecule has 0 aromatic heterocycles. The van der Waals surface area contributed by atoms with E-state index in [4.69, 9.17) is 9.47 Å². The highest BCUT2D eigenvalue weighted by molar-refractivity contribution is 6.11. The minimum absolute atomic E-state index is 0.0511. The van der Waals surface area contributed by atoms with E-state index in [-0.39, 0.29) is 17.5 Å². The molecule has 0 saturated carbocycles. The van der Waals surface area contributed by atoms with Gasteiger partial charge in [-0.2, -0.15) is 0 Å². The van der Waals surface area contributed by atoms with E-state index in [1.807, 2.05) is 31.2 Å². The van der Waals surface area contributed by atoms with Gasteiger partial charge in [-0.25, -0.2) is 0 Å². The molecular formula is C23H24N2O5. The molecule has 0 bridgehead atoms. The number of hydrogen-bond acceptors (Lipinski definition) is 7. The standard InChI is InChI=1S/C23H24N2O5/c1-12-11-16-19(22(27)18(12)23(28)30-3)20(13-7-6-10-17(29-2)21(13)26)25-15-9-5-4-8-14(15)24-16/h4-10,12,18,20,24-26H,11H2,1-3H3/t12-,18+,20-/m1/s1. The highest BCUT2D eigenvalue weighted by Gasteiger charge is 2.44. The second-order valence-corrected chi connectivity index (χ2v) is 7.58.